The van der Waals surface area contributed by atoms with Gasteiger partial charge in [0.25, 0.3) is 5.91 Å². The van der Waals surface area contributed by atoms with Crippen molar-refractivity contribution in [1.29, 1.82) is 0 Å². The van der Waals surface area contributed by atoms with Crippen molar-refractivity contribution >= 4 is 23.2 Å². The van der Waals surface area contributed by atoms with E-state index in [1.165, 1.54) is 6.07 Å². The summed E-state index contributed by atoms with van der Waals surface area (Å²) in [5.41, 5.74) is 6.42. The predicted octanol–water partition coefficient (Wildman–Crippen LogP) is 3.45. The average molecular weight is 353 g/mol. The van der Waals surface area contributed by atoms with Gasteiger partial charge in [-0.15, -0.1) is 0 Å². The Hall–Kier alpha value is -3.15. The Morgan fingerprint density at radius 1 is 1.08 bits per heavy atom. The van der Waals surface area contributed by atoms with Gasteiger partial charge >= 0.3 is 0 Å². The number of aromatic hydroxyl groups is 1. The van der Waals surface area contributed by atoms with E-state index in [-0.39, 0.29) is 23.6 Å². The third kappa shape index (κ3) is 5.17. The van der Waals surface area contributed by atoms with E-state index in [0.29, 0.717) is 11.3 Å². The number of benzene rings is 2. The molecule has 0 aliphatic carbocycles. The van der Waals surface area contributed by atoms with Gasteiger partial charge in [0.15, 0.2) is 0 Å². The number of rotatable bonds is 5. The van der Waals surface area contributed by atoms with Crippen molar-refractivity contribution in [2.24, 2.45) is 5.10 Å². The molecular weight excluding hydrogens is 330 g/mol. The van der Waals surface area contributed by atoms with Crippen molar-refractivity contribution < 1.29 is 14.7 Å². The second kappa shape index (κ2) is 8.29. The van der Waals surface area contributed by atoms with Crippen LogP contribution >= 0.6 is 0 Å². The minimum absolute atomic E-state index is 0.0487. The normalized spacial score (nSPS) is 11.2. The van der Waals surface area contributed by atoms with Crippen LogP contribution in [0, 0.1) is 20.8 Å². The summed E-state index contributed by atoms with van der Waals surface area (Å²) in [5.74, 6) is -0.824. The highest BCUT2D eigenvalue weighted by atomic mass is 16.3. The Balaban J connectivity index is 1.96. The summed E-state index contributed by atoms with van der Waals surface area (Å²) in [6.45, 7) is 7.28. The summed E-state index contributed by atoms with van der Waals surface area (Å²) in [5, 5.41) is 16.7. The highest BCUT2D eigenvalue weighted by molar-refractivity contribution is 6.06. The standard InChI is InChI=1S/C20H23N3O3/c1-12-8-13(2)10-16(9-12)21-18(24)11-15(4)22-23-20(26)17-7-5-6-14(3)19(17)25/h5-10,25H,11H2,1-4H3,(H,21,24)(H,23,26). The van der Waals surface area contributed by atoms with Crippen LogP contribution in [-0.4, -0.2) is 22.6 Å². The van der Waals surface area contributed by atoms with Gasteiger partial charge in [-0.2, -0.15) is 5.10 Å². The molecule has 2 aromatic carbocycles. The fourth-order valence-electron chi connectivity index (χ4n) is 2.57. The Morgan fingerprint density at radius 3 is 2.38 bits per heavy atom. The van der Waals surface area contributed by atoms with E-state index in [9.17, 15) is 14.7 Å². The zero-order valence-electron chi connectivity index (χ0n) is 15.4. The van der Waals surface area contributed by atoms with Crippen LogP contribution in [0.3, 0.4) is 0 Å². The number of nitrogens with one attached hydrogen (secondary N) is 2. The van der Waals surface area contributed by atoms with E-state index < -0.39 is 5.91 Å². The molecule has 0 spiro atoms. The van der Waals surface area contributed by atoms with Gasteiger partial charge in [0.05, 0.1) is 12.0 Å². The number of aryl methyl sites for hydroxylation is 3. The number of carbonyl (C=O) groups excluding carboxylic acids is 2. The van der Waals surface area contributed by atoms with Crippen LogP contribution in [-0.2, 0) is 4.79 Å². The van der Waals surface area contributed by atoms with Crippen molar-refractivity contribution in [3.63, 3.8) is 0 Å². The first-order chi connectivity index (χ1) is 12.3. The lowest BCUT2D eigenvalue weighted by atomic mass is 10.1. The third-order valence-corrected chi connectivity index (χ3v) is 3.75. The Labute approximate surface area is 152 Å². The van der Waals surface area contributed by atoms with Crippen LogP contribution in [0.5, 0.6) is 5.75 Å². The summed E-state index contributed by atoms with van der Waals surface area (Å²) in [7, 11) is 0. The monoisotopic (exact) mass is 353 g/mol. The van der Waals surface area contributed by atoms with Gasteiger partial charge in [0, 0.05) is 11.4 Å². The van der Waals surface area contributed by atoms with Crippen molar-refractivity contribution in [3.05, 3.63) is 58.7 Å². The quantitative estimate of drug-likeness (QED) is 0.568. The number of phenolic OH excluding ortho intramolecular Hbond substituents is 1. The predicted molar refractivity (Wildman–Crippen MR) is 103 cm³/mol. The molecule has 3 N–H and O–H groups in total. The SMILES string of the molecule is CC(CC(=O)Nc1cc(C)cc(C)c1)=NNC(=O)c1cccc(C)c1O. The maximum absolute atomic E-state index is 12.1. The molecule has 0 radical (unpaired) electrons. The lowest BCUT2D eigenvalue weighted by Crippen LogP contribution is -2.21. The molecule has 136 valence electrons. The minimum Gasteiger partial charge on any atom is -0.507 e. The van der Waals surface area contributed by atoms with Crippen LogP contribution in [0.4, 0.5) is 5.69 Å². The molecule has 0 bridgehead atoms. The van der Waals surface area contributed by atoms with Crippen LogP contribution < -0.4 is 10.7 Å². The first-order valence-electron chi connectivity index (χ1n) is 8.26. The molecule has 26 heavy (non-hydrogen) atoms. The maximum atomic E-state index is 12.1. The first kappa shape index (κ1) is 19.2. The van der Waals surface area contributed by atoms with Gasteiger partial charge < -0.3 is 10.4 Å². The summed E-state index contributed by atoms with van der Waals surface area (Å²) in [6, 6.07) is 10.7. The molecule has 0 aliphatic rings. The van der Waals surface area contributed by atoms with Crippen molar-refractivity contribution in [1.82, 2.24) is 5.43 Å². The summed E-state index contributed by atoms with van der Waals surface area (Å²) in [4.78, 5) is 24.2. The van der Waals surface area contributed by atoms with E-state index in [2.05, 4.69) is 15.8 Å². The van der Waals surface area contributed by atoms with E-state index in [0.717, 1.165) is 16.8 Å². The van der Waals surface area contributed by atoms with Gasteiger partial charge in [-0.1, -0.05) is 18.2 Å². The average Bonchev–Trinajstić information content (AvgIpc) is 2.54. The molecule has 2 aromatic rings. The largest absolute Gasteiger partial charge is 0.507 e. The van der Waals surface area contributed by atoms with Crippen molar-refractivity contribution in [3.8, 4) is 5.75 Å². The highest BCUT2D eigenvalue weighted by Gasteiger charge is 2.12. The van der Waals surface area contributed by atoms with E-state index in [4.69, 9.17) is 0 Å². The third-order valence-electron chi connectivity index (χ3n) is 3.75. The number of hydrogen-bond donors (Lipinski definition) is 3. The fourth-order valence-corrected chi connectivity index (χ4v) is 2.57. The van der Waals surface area contributed by atoms with Gasteiger partial charge in [-0.3, -0.25) is 9.59 Å². The second-order valence-corrected chi connectivity index (χ2v) is 6.36. The Kier molecular flexibility index (Phi) is 6.11. The number of hydrazone groups is 1. The van der Waals surface area contributed by atoms with Crippen LogP contribution in [0.25, 0.3) is 0 Å². The molecule has 0 saturated carbocycles. The highest BCUT2D eigenvalue weighted by Crippen LogP contribution is 2.21. The van der Waals surface area contributed by atoms with Gasteiger partial charge in [0.1, 0.15) is 5.75 Å². The lowest BCUT2D eigenvalue weighted by Gasteiger charge is -2.08. The van der Waals surface area contributed by atoms with Crippen LogP contribution in [0.15, 0.2) is 41.5 Å². The summed E-state index contributed by atoms with van der Waals surface area (Å²) in [6.07, 6.45) is 0.0487. The van der Waals surface area contributed by atoms with Crippen molar-refractivity contribution in [2.75, 3.05) is 5.32 Å². The minimum atomic E-state index is -0.528. The van der Waals surface area contributed by atoms with E-state index in [1.54, 1.807) is 26.0 Å². The number of phenols is 1. The molecule has 0 heterocycles. The number of anilines is 1. The van der Waals surface area contributed by atoms with Gasteiger partial charge in [0.2, 0.25) is 5.91 Å². The van der Waals surface area contributed by atoms with Gasteiger partial charge in [-0.25, -0.2) is 5.43 Å². The van der Waals surface area contributed by atoms with Crippen LogP contribution in [0.2, 0.25) is 0 Å². The number of hydrogen-bond acceptors (Lipinski definition) is 4. The number of amides is 2. The zero-order valence-corrected chi connectivity index (χ0v) is 15.4. The van der Waals surface area contributed by atoms with Crippen molar-refractivity contribution in [2.45, 2.75) is 34.1 Å². The molecule has 0 unspecified atom stereocenters. The first-order valence-corrected chi connectivity index (χ1v) is 8.26. The number of carbonyl (C=O) groups is 2. The molecule has 6 nitrogen and oxygen atoms in total. The topological polar surface area (TPSA) is 90.8 Å². The Morgan fingerprint density at radius 2 is 1.73 bits per heavy atom. The summed E-state index contributed by atoms with van der Waals surface area (Å²) >= 11 is 0. The van der Waals surface area contributed by atoms with Crippen LogP contribution in [0.1, 0.15) is 40.4 Å². The number of nitrogens with zero attached hydrogens (tertiary/aromatic N) is 1. The second-order valence-electron chi connectivity index (χ2n) is 6.36. The molecule has 0 aliphatic heterocycles. The maximum Gasteiger partial charge on any atom is 0.275 e. The zero-order chi connectivity index (χ0) is 19.3. The molecule has 2 amide bonds. The van der Waals surface area contributed by atoms with Gasteiger partial charge in [-0.05, 0) is 62.6 Å². The lowest BCUT2D eigenvalue weighted by molar-refractivity contribution is -0.115. The molecular formula is C20H23N3O3. The molecule has 0 atom stereocenters. The molecule has 0 saturated heterocycles. The molecule has 6 heteroatoms. The summed E-state index contributed by atoms with van der Waals surface area (Å²) < 4.78 is 0. The Bertz CT molecular complexity index is 852. The molecule has 0 aromatic heterocycles. The van der Waals surface area contributed by atoms with E-state index in [1.807, 2.05) is 32.0 Å². The molecule has 0 fully saturated rings. The molecule has 2 rings (SSSR count). The fraction of sp³-hybridized carbons (Fsp3) is 0.250. The smallest absolute Gasteiger partial charge is 0.275 e. The number of para-hydroxylation sites is 1. The van der Waals surface area contributed by atoms with E-state index >= 15 is 0 Å².